The summed E-state index contributed by atoms with van der Waals surface area (Å²) in [6, 6.07) is 8.95. The summed E-state index contributed by atoms with van der Waals surface area (Å²) in [5.41, 5.74) is 3.47. The van der Waals surface area contributed by atoms with Crippen molar-refractivity contribution in [3.05, 3.63) is 35.4 Å². The molecule has 82 valence electrons. The molecule has 0 heterocycles. The lowest BCUT2D eigenvalue weighted by atomic mass is 9.69. The van der Waals surface area contributed by atoms with Gasteiger partial charge in [-0.2, -0.15) is 0 Å². The van der Waals surface area contributed by atoms with E-state index in [1.54, 1.807) is 11.1 Å². The van der Waals surface area contributed by atoms with E-state index in [1.165, 1.54) is 12.8 Å². The molecule has 0 aromatic heterocycles. The summed E-state index contributed by atoms with van der Waals surface area (Å²) in [5, 5.41) is 3.31. The molecule has 1 heteroatoms. The quantitative estimate of drug-likeness (QED) is 0.779. The molecule has 1 aliphatic rings. The summed E-state index contributed by atoms with van der Waals surface area (Å²) >= 11 is 0. The van der Waals surface area contributed by atoms with Crippen molar-refractivity contribution < 1.29 is 0 Å². The zero-order chi connectivity index (χ0) is 10.9. The standard InChI is InChI=1S/C14H21N/c1-14(2)9-8-11(10-15-3)12-6-4-5-7-13(12)14/h4-7,11,15H,8-10H2,1-3H3. The normalized spacial score (nSPS) is 23.5. The van der Waals surface area contributed by atoms with Gasteiger partial charge in [-0.15, -0.1) is 0 Å². The predicted molar refractivity (Wildman–Crippen MR) is 65.4 cm³/mol. The Bertz CT molecular complexity index is 341. The third-order valence-corrected chi connectivity index (χ3v) is 3.70. The first-order chi connectivity index (χ1) is 7.15. The molecule has 1 aliphatic carbocycles. The predicted octanol–water partition coefficient (Wildman–Crippen LogP) is 3.06. The Morgan fingerprint density at radius 3 is 2.80 bits per heavy atom. The van der Waals surface area contributed by atoms with Crippen LogP contribution in [0.5, 0.6) is 0 Å². The molecule has 0 radical (unpaired) electrons. The lowest BCUT2D eigenvalue weighted by Crippen LogP contribution is -2.30. The van der Waals surface area contributed by atoms with Crippen molar-refractivity contribution in [3.63, 3.8) is 0 Å². The van der Waals surface area contributed by atoms with Gasteiger partial charge in [-0.1, -0.05) is 38.1 Å². The van der Waals surface area contributed by atoms with Gasteiger partial charge < -0.3 is 5.32 Å². The molecule has 1 aromatic rings. The van der Waals surface area contributed by atoms with Crippen LogP contribution in [-0.2, 0) is 5.41 Å². The second-order valence-corrected chi connectivity index (χ2v) is 5.26. The molecule has 1 aromatic carbocycles. The van der Waals surface area contributed by atoms with Crippen LogP contribution >= 0.6 is 0 Å². The van der Waals surface area contributed by atoms with Gasteiger partial charge in [-0.25, -0.2) is 0 Å². The van der Waals surface area contributed by atoms with Crippen molar-refractivity contribution >= 4 is 0 Å². The van der Waals surface area contributed by atoms with Crippen molar-refractivity contribution in [1.82, 2.24) is 5.32 Å². The minimum atomic E-state index is 0.362. The molecule has 0 spiro atoms. The van der Waals surface area contributed by atoms with Crippen LogP contribution in [0, 0.1) is 0 Å². The molecule has 0 saturated heterocycles. The third-order valence-electron chi connectivity index (χ3n) is 3.70. The molecule has 1 N–H and O–H groups in total. The Balaban J connectivity index is 2.39. The van der Waals surface area contributed by atoms with Gasteiger partial charge in [0.2, 0.25) is 0 Å². The van der Waals surface area contributed by atoms with E-state index in [-0.39, 0.29) is 0 Å². The van der Waals surface area contributed by atoms with E-state index >= 15 is 0 Å². The first-order valence-corrected chi connectivity index (χ1v) is 5.89. The molecule has 0 saturated carbocycles. The Morgan fingerprint density at radius 1 is 1.33 bits per heavy atom. The lowest BCUT2D eigenvalue weighted by molar-refractivity contribution is 0.387. The number of hydrogen-bond acceptors (Lipinski definition) is 1. The van der Waals surface area contributed by atoms with Gasteiger partial charge in [-0.3, -0.25) is 0 Å². The zero-order valence-corrected chi connectivity index (χ0v) is 10.0. The van der Waals surface area contributed by atoms with E-state index in [9.17, 15) is 0 Å². The minimum Gasteiger partial charge on any atom is -0.319 e. The highest BCUT2D eigenvalue weighted by Gasteiger charge is 2.31. The Hall–Kier alpha value is -0.820. The van der Waals surface area contributed by atoms with Crippen molar-refractivity contribution in [2.75, 3.05) is 13.6 Å². The Kier molecular flexibility index (Phi) is 2.83. The fourth-order valence-electron chi connectivity index (χ4n) is 2.75. The maximum Gasteiger partial charge on any atom is 0.00172 e. The Labute approximate surface area is 92.9 Å². The zero-order valence-electron chi connectivity index (χ0n) is 10.0. The molecule has 2 rings (SSSR count). The maximum absolute atomic E-state index is 3.31. The van der Waals surface area contributed by atoms with Gasteiger partial charge in [0.1, 0.15) is 0 Å². The maximum atomic E-state index is 3.31. The monoisotopic (exact) mass is 203 g/mol. The van der Waals surface area contributed by atoms with Crippen LogP contribution < -0.4 is 5.32 Å². The van der Waals surface area contributed by atoms with E-state index < -0.39 is 0 Å². The lowest BCUT2D eigenvalue weighted by Gasteiger charge is -2.37. The van der Waals surface area contributed by atoms with Crippen LogP contribution in [0.1, 0.15) is 43.7 Å². The van der Waals surface area contributed by atoms with Crippen LogP contribution in [0.15, 0.2) is 24.3 Å². The smallest absolute Gasteiger partial charge is 0.00172 e. The average Bonchev–Trinajstić information content (AvgIpc) is 2.23. The van der Waals surface area contributed by atoms with Crippen LogP contribution in [0.3, 0.4) is 0 Å². The average molecular weight is 203 g/mol. The topological polar surface area (TPSA) is 12.0 Å². The second-order valence-electron chi connectivity index (χ2n) is 5.26. The molecule has 0 amide bonds. The highest BCUT2D eigenvalue weighted by atomic mass is 14.8. The SMILES string of the molecule is CNCC1CCC(C)(C)c2ccccc21. The molecule has 1 atom stereocenters. The number of likely N-dealkylation sites (N-methyl/N-ethyl adjacent to an activating group) is 1. The number of fused-ring (bicyclic) bond motifs is 1. The van der Waals surface area contributed by atoms with Crippen molar-refractivity contribution in [2.24, 2.45) is 0 Å². The van der Waals surface area contributed by atoms with Gasteiger partial charge in [0.15, 0.2) is 0 Å². The minimum absolute atomic E-state index is 0.362. The highest BCUT2D eigenvalue weighted by molar-refractivity contribution is 5.38. The van der Waals surface area contributed by atoms with E-state index in [2.05, 4.69) is 43.4 Å². The molecule has 0 bridgehead atoms. The van der Waals surface area contributed by atoms with Crippen LogP contribution in [0.2, 0.25) is 0 Å². The highest BCUT2D eigenvalue weighted by Crippen LogP contribution is 2.41. The fourth-order valence-corrected chi connectivity index (χ4v) is 2.75. The van der Waals surface area contributed by atoms with Gasteiger partial charge in [0, 0.05) is 6.54 Å². The Morgan fingerprint density at radius 2 is 2.07 bits per heavy atom. The van der Waals surface area contributed by atoms with Crippen LogP contribution in [0.4, 0.5) is 0 Å². The number of nitrogens with one attached hydrogen (secondary N) is 1. The summed E-state index contributed by atoms with van der Waals surface area (Å²) in [6.45, 7) is 5.83. The van der Waals surface area contributed by atoms with Crippen molar-refractivity contribution in [2.45, 2.75) is 38.0 Å². The summed E-state index contributed by atoms with van der Waals surface area (Å²) in [4.78, 5) is 0. The number of hydrogen-bond donors (Lipinski definition) is 1. The largest absolute Gasteiger partial charge is 0.319 e. The molecular formula is C14H21N. The summed E-state index contributed by atoms with van der Waals surface area (Å²) in [6.07, 6.45) is 2.61. The summed E-state index contributed by atoms with van der Waals surface area (Å²) in [5.74, 6) is 0.708. The van der Waals surface area contributed by atoms with E-state index in [4.69, 9.17) is 0 Å². The van der Waals surface area contributed by atoms with Crippen LogP contribution in [-0.4, -0.2) is 13.6 Å². The van der Waals surface area contributed by atoms with Gasteiger partial charge in [-0.05, 0) is 42.3 Å². The number of benzene rings is 1. The van der Waals surface area contributed by atoms with Gasteiger partial charge in [0.25, 0.3) is 0 Å². The van der Waals surface area contributed by atoms with Gasteiger partial charge in [0.05, 0.1) is 0 Å². The van der Waals surface area contributed by atoms with E-state index in [0.717, 1.165) is 6.54 Å². The second kappa shape index (κ2) is 3.97. The summed E-state index contributed by atoms with van der Waals surface area (Å²) in [7, 11) is 2.04. The van der Waals surface area contributed by atoms with E-state index in [1.807, 2.05) is 7.05 Å². The first-order valence-electron chi connectivity index (χ1n) is 5.89. The molecule has 0 fully saturated rings. The first kappa shape index (κ1) is 10.7. The summed E-state index contributed by atoms with van der Waals surface area (Å²) < 4.78 is 0. The number of rotatable bonds is 2. The molecule has 1 unspecified atom stereocenters. The fraction of sp³-hybridized carbons (Fsp3) is 0.571. The van der Waals surface area contributed by atoms with Crippen molar-refractivity contribution in [3.8, 4) is 0 Å². The molecular weight excluding hydrogens is 182 g/mol. The molecule has 15 heavy (non-hydrogen) atoms. The van der Waals surface area contributed by atoms with E-state index in [0.29, 0.717) is 11.3 Å². The molecule has 0 aliphatic heterocycles. The third kappa shape index (κ3) is 1.93. The van der Waals surface area contributed by atoms with Crippen LogP contribution in [0.25, 0.3) is 0 Å². The molecule has 1 nitrogen and oxygen atoms in total. The van der Waals surface area contributed by atoms with Gasteiger partial charge >= 0.3 is 0 Å². The van der Waals surface area contributed by atoms with Crippen molar-refractivity contribution in [1.29, 1.82) is 0 Å².